The Bertz CT molecular complexity index is 1060. The molecule has 0 aliphatic carbocycles. The molecule has 2 aromatic rings. The maximum atomic E-state index is 13.3. The molecule has 2 aromatic carbocycles. The number of nitrogens with one attached hydrogen (secondary N) is 1. The molecule has 3 aliphatic rings. The molecule has 0 saturated carbocycles. The summed E-state index contributed by atoms with van der Waals surface area (Å²) in [5.74, 6) is -1.02. The van der Waals surface area contributed by atoms with Gasteiger partial charge in [0.25, 0.3) is 11.8 Å². The van der Waals surface area contributed by atoms with Gasteiger partial charge in [0.05, 0.1) is 17.2 Å². The Morgan fingerprint density at radius 1 is 1.03 bits per heavy atom. The molecule has 5 rings (SSSR count). The highest BCUT2D eigenvalue weighted by atomic mass is 19.2. The Morgan fingerprint density at radius 3 is 2.50 bits per heavy atom. The van der Waals surface area contributed by atoms with Crippen LogP contribution in [0.4, 0.5) is 10.2 Å². The highest BCUT2D eigenvalue weighted by Gasteiger charge is 2.41. The van der Waals surface area contributed by atoms with Crippen molar-refractivity contribution in [3.8, 4) is 0 Å². The number of halogens is 1. The third-order valence-electron chi connectivity index (χ3n) is 7.73. The van der Waals surface area contributed by atoms with Crippen LogP contribution in [0.1, 0.15) is 76.9 Å². The first-order valence-corrected chi connectivity index (χ1v) is 12.5. The van der Waals surface area contributed by atoms with Crippen molar-refractivity contribution in [2.75, 3.05) is 31.1 Å². The van der Waals surface area contributed by atoms with E-state index in [9.17, 15) is 14.1 Å². The molecular weight excluding hydrogens is 431 g/mol. The van der Waals surface area contributed by atoms with Crippen LogP contribution >= 0.6 is 0 Å². The van der Waals surface area contributed by atoms with E-state index in [-0.39, 0.29) is 23.6 Å². The van der Waals surface area contributed by atoms with Crippen LogP contribution in [0.25, 0.3) is 0 Å². The van der Waals surface area contributed by atoms with Crippen molar-refractivity contribution < 1.29 is 14.1 Å². The summed E-state index contributed by atoms with van der Waals surface area (Å²) in [6, 6.07) is 14.0. The molecule has 1 N–H and O–H groups in total. The van der Waals surface area contributed by atoms with Crippen LogP contribution in [0.3, 0.4) is 0 Å². The number of carbonyl (C=O) groups is 2. The smallest absolute Gasteiger partial charge is 0.279 e. The van der Waals surface area contributed by atoms with Crippen LogP contribution in [0.15, 0.2) is 42.5 Å². The molecule has 180 valence electrons. The monoisotopic (exact) mass is 464 g/mol. The summed E-state index contributed by atoms with van der Waals surface area (Å²) in [5, 5.41) is 0. The number of hydrogen-bond donors (Lipinski definition) is 1. The van der Waals surface area contributed by atoms with Gasteiger partial charge in [-0.05, 0) is 68.4 Å². The number of rotatable bonds is 5. The Kier molecular flexibility index (Phi) is 6.55. The lowest BCUT2D eigenvalue weighted by atomic mass is 9.99. The first kappa shape index (κ1) is 22.8. The average Bonchev–Trinajstić information content (AvgIpc) is 3.14. The summed E-state index contributed by atoms with van der Waals surface area (Å²) >= 11 is 0. The zero-order chi connectivity index (χ0) is 23.7. The molecule has 1 atom stereocenters. The number of amides is 2. The van der Waals surface area contributed by atoms with Crippen molar-refractivity contribution in [1.82, 2.24) is 15.3 Å². The molecule has 0 radical (unpaired) electrons. The normalized spacial score (nSPS) is 21.6. The number of hydrogen-bond acceptors (Lipinski definition) is 4. The summed E-state index contributed by atoms with van der Waals surface area (Å²) in [6.07, 6.45) is 5.66. The van der Waals surface area contributed by atoms with Gasteiger partial charge in [0.2, 0.25) is 0 Å². The third-order valence-corrected chi connectivity index (χ3v) is 7.73. The van der Waals surface area contributed by atoms with Crippen LogP contribution in [-0.2, 0) is 6.54 Å². The van der Waals surface area contributed by atoms with E-state index in [2.05, 4.69) is 34.1 Å². The van der Waals surface area contributed by atoms with Crippen LogP contribution in [0.2, 0.25) is 0 Å². The number of likely N-dealkylation sites (tertiary alicyclic amines) is 1. The zero-order valence-corrected chi connectivity index (χ0v) is 19.8. The van der Waals surface area contributed by atoms with Crippen LogP contribution < -0.4 is 10.4 Å². The van der Waals surface area contributed by atoms with Gasteiger partial charge in [0.15, 0.2) is 0 Å². The van der Waals surface area contributed by atoms with E-state index in [1.165, 1.54) is 42.1 Å². The fourth-order valence-electron chi connectivity index (χ4n) is 5.95. The second kappa shape index (κ2) is 9.74. The number of anilines is 1. The molecule has 1 unspecified atom stereocenters. The molecular formula is C27H33FN4O2. The number of carbonyl (C=O) groups excluding carboxylic acids is 2. The van der Waals surface area contributed by atoms with E-state index >= 15 is 0 Å². The van der Waals surface area contributed by atoms with Crippen molar-refractivity contribution in [2.24, 2.45) is 0 Å². The molecule has 0 bridgehead atoms. The maximum absolute atomic E-state index is 13.3. The van der Waals surface area contributed by atoms with Gasteiger partial charge in [0, 0.05) is 44.5 Å². The summed E-state index contributed by atoms with van der Waals surface area (Å²) in [5.41, 5.74) is 5.11. The Balaban J connectivity index is 1.23. The zero-order valence-electron chi connectivity index (χ0n) is 19.8. The first-order valence-electron chi connectivity index (χ1n) is 12.5. The number of nitrogens with zero attached hydrogens (tertiary/aromatic N) is 3. The van der Waals surface area contributed by atoms with Gasteiger partial charge < -0.3 is 9.80 Å². The van der Waals surface area contributed by atoms with Gasteiger partial charge in [-0.25, -0.2) is 0 Å². The SMILES string of the molecule is CC1c2cccc(C(=O)NF)c2C(=O)N1C1CCN(Cc2cccc(N3CCCCC3)c2)CC1. The van der Waals surface area contributed by atoms with Crippen molar-refractivity contribution in [3.05, 3.63) is 64.7 Å². The number of benzene rings is 2. The van der Waals surface area contributed by atoms with E-state index in [1.54, 1.807) is 6.07 Å². The van der Waals surface area contributed by atoms with Gasteiger partial charge >= 0.3 is 0 Å². The number of fused-ring (bicyclic) bond motifs is 1. The van der Waals surface area contributed by atoms with E-state index in [0.717, 1.165) is 51.1 Å². The quantitative estimate of drug-likeness (QED) is 0.664. The molecule has 6 nitrogen and oxygen atoms in total. The minimum absolute atomic E-state index is 0.116. The van der Waals surface area contributed by atoms with Gasteiger partial charge in [-0.15, -0.1) is 0 Å². The molecule has 3 heterocycles. The van der Waals surface area contributed by atoms with E-state index in [4.69, 9.17) is 0 Å². The topological polar surface area (TPSA) is 55.9 Å². The molecule has 34 heavy (non-hydrogen) atoms. The predicted molar refractivity (Wildman–Crippen MR) is 130 cm³/mol. The van der Waals surface area contributed by atoms with Crippen molar-refractivity contribution >= 4 is 17.5 Å². The van der Waals surface area contributed by atoms with E-state index in [1.807, 2.05) is 17.9 Å². The molecule has 2 saturated heterocycles. The van der Waals surface area contributed by atoms with Crippen LogP contribution in [0, 0.1) is 0 Å². The van der Waals surface area contributed by atoms with Gasteiger partial charge in [-0.3, -0.25) is 14.5 Å². The highest BCUT2D eigenvalue weighted by molar-refractivity contribution is 6.09. The molecule has 0 aromatic heterocycles. The number of piperidine rings is 2. The van der Waals surface area contributed by atoms with Crippen molar-refractivity contribution in [2.45, 2.75) is 57.7 Å². The average molecular weight is 465 g/mol. The van der Waals surface area contributed by atoms with Gasteiger partial charge in [-0.1, -0.05) is 28.7 Å². The molecule has 0 spiro atoms. The predicted octanol–water partition coefficient (Wildman–Crippen LogP) is 4.47. The Morgan fingerprint density at radius 2 is 1.76 bits per heavy atom. The van der Waals surface area contributed by atoms with Crippen LogP contribution in [-0.4, -0.2) is 53.8 Å². The molecule has 2 fully saturated rings. The van der Waals surface area contributed by atoms with Gasteiger partial charge in [0.1, 0.15) is 0 Å². The fraction of sp³-hybridized carbons (Fsp3) is 0.481. The summed E-state index contributed by atoms with van der Waals surface area (Å²) in [7, 11) is 0. The van der Waals surface area contributed by atoms with E-state index in [0.29, 0.717) is 5.56 Å². The highest BCUT2D eigenvalue weighted by Crippen LogP contribution is 2.39. The first-order chi connectivity index (χ1) is 16.6. The maximum Gasteiger partial charge on any atom is 0.279 e. The van der Waals surface area contributed by atoms with Crippen molar-refractivity contribution in [1.29, 1.82) is 0 Å². The molecule has 3 aliphatic heterocycles. The second-order valence-corrected chi connectivity index (χ2v) is 9.81. The van der Waals surface area contributed by atoms with Gasteiger partial charge in [-0.2, -0.15) is 5.54 Å². The lowest BCUT2D eigenvalue weighted by Gasteiger charge is -2.39. The Hall–Kier alpha value is -2.93. The summed E-state index contributed by atoms with van der Waals surface area (Å²) in [4.78, 5) is 32.2. The molecule has 7 heteroatoms. The largest absolute Gasteiger partial charge is 0.372 e. The standard InChI is InChI=1S/C27H33FN4O2/c1-19-23-9-6-10-24(26(33)29-28)25(23)27(34)32(19)21-11-15-30(16-12-21)18-20-7-5-8-22(17-20)31-13-3-2-4-14-31/h5-10,17,19,21H,2-4,11-16,18H2,1H3,(H,29,33). The minimum Gasteiger partial charge on any atom is -0.372 e. The summed E-state index contributed by atoms with van der Waals surface area (Å²) in [6.45, 7) is 7.05. The minimum atomic E-state index is -0.860. The molecule has 2 amide bonds. The third kappa shape index (κ3) is 4.29. The lowest BCUT2D eigenvalue weighted by Crippen LogP contribution is -2.45. The summed E-state index contributed by atoms with van der Waals surface area (Å²) < 4.78 is 12.8. The Labute approximate surface area is 200 Å². The fourth-order valence-corrected chi connectivity index (χ4v) is 5.95. The lowest BCUT2D eigenvalue weighted by molar-refractivity contribution is 0.0510. The second-order valence-electron chi connectivity index (χ2n) is 9.81. The van der Waals surface area contributed by atoms with E-state index < -0.39 is 5.91 Å². The van der Waals surface area contributed by atoms with Crippen LogP contribution in [0.5, 0.6) is 0 Å². The van der Waals surface area contributed by atoms with Crippen molar-refractivity contribution in [3.63, 3.8) is 0 Å².